The molecule has 0 heterocycles. The molecule has 0 aromatic heterocycles. The fraction of sp³-hybridized carbons (Fsp3) is 0.394. The molecule has 0 N–H and O–H groups in total. The Balaban J connectivity index is 1.66. The zero-order chi connectivity index (χ0) is 22.7. The number of hydrogen-bond donors (Lipinski definition) is 0. The van der Waals surface area contributed by atoms with Crippen LogP contribution < -0.4 is 0 Å². The standard InChI is InChI=1S/C33H38/c1-3-5-7-13-19-33(20-14-8-6-4-2)31-18-12-11-17-29(31)30-23-27-21-25-15-9-10-16-26(25)22-28(27)24-32(30)33/h9-12,15-18,21-24H,3-8,13-14,19-20H2,1-2H3. The Labute approximate surface area is 200 Å². The van der Waals surface area contributed by atoms with Crippen molar-refractivity contribution < 1.29 is 0 Å². The number of benzene rings is 4. The second-order valence-electron chi connectivity index (χ2n) is 10.2. The Morgan fingerprint density at radius 2 is 1.06 bits per heavy atom. The van der Waals surface area contributed by atoms with E-state index < -0.39 is 0 Å². The van der Waals surface area contributed by atoms with Gasteiger partial charge in [0.15, 0.2) is 0 Å². The Kier molecular flexibility index (Phi) is 6.54. The van der Waals surface area contributed by atoms with E-state index in [1.165, 1.54) is 96.9 Å². The summed E-state index contributed by atoms with van der Waals surface area (Å²) in [6, 6.07) is 28.0. The van der Waals surface area contributed by atoms with Gasteiger partial charge in [0.1, 0.15) is 0 Å². The first kappa shape index (κ1) is 22.2. The van der Waals surface area contributed by atoms with Crippen LogP contribution in [0.25, 0.3) is 32.7 Å². The maximum absolute atomic E-state index is 2.57. The van der Waals surface area contributed by atoms with E-state index in [0.29, 0.717) is 0 Å². The second-order valence-corrected chi connectivity index (χ2v) is 10.2. The van der Waals surface area contributed by atoms with Gasteiger partial charge >= 0.3 is 0 Å². The Hall–Kier alpha value is -2.60. The van der Waals surface area contributed by atoms with Gasteiger partial charge in [-0.25, -0.2) is 0 Å². The van der Waals surface area contributed by atoms with E-state index >= 15 is 0 Å². The molecule has 0 radical (unpaired) electrons. The molecule has 170 valence electrons. The minimum Gasteiger partial charge on any atom is -0.0654 e. The molecule has 0 spiro atoms. The third kappa shape index (κ3) is 4.10. The highest BCUT2D eigenvalue weighted by atomic mass is 14.4. The fourth-order valence-electron chi connectivity index (χ4n) is 6.26. The lowest BCUT2D eigenvalue weighted by molar-refractivity contribution is 0.401. The average Bonchev–Trinajstić information content (AvgIpc) is 3.11. The van der Waals surface area contributed by atoms with E-state index in [0.717, 1.165) is 0 Å². The summed E-state index contributed by atoms with van der Waals surface area (Å²) in [7, 11) is 0. The van der Waals surface area contributed by atoms with Crippen molar-refractivity contribution in [3.8, 4) is 11.1 Å². The van der Waals surface area contributed by atoms with Crippen LogP contribution in [-0.2, 0) is 5.41 Å². The van der Waals surface area contributed by atoms with Crippen LogP contribution in [0.1, 0.15) is 89.2 Å². The summed E-state index contributed by atoms with van der Waals surface area (Å²) < 4.78 is 0. The van der Waals surface area contributed by atoms with Crippen molar-refractivity contribution in [1.29, 1.82) is 0 Å². The molecule has 0 atom stereocenters. The number of fused-ring (bicyclic) bond motifs is 5. The van der Waals surface area contributed by atoms with Gasteiger partial charge in [-0.1, -0.05) is 114 Å². The van der Waals surface area contributed by atoms with Gasteiger partial charge in [0.05, 0.1) is 0 Å². The number of hydrogen-bond acceptors (Lipinski definition) is 0. The van der Waals surface area contributed by atoms with Crippen LogP contribution in [0, 0.1) is 0 Å². The molecule has 4 aromatic rings. The first-order valence-corrected chi connectivity index (χ1v) is 13.3. The summed E-state index contributed by atoms with van der Waals surface area (Å²) in [4.78, 5) is 0. The molecule has 4 aromatic carbocycles. The summed E-state index contributed by atoms with van der Waals surface area (Å²) in [6.07, 6.45) is 13.2. The van der Waals surface area contributed by atoms with Crippen molar-refractivity contribution in [2.45, 2.75) is 83.5 Å². The normalized spacial score (nSPS) is 14.0. The highest BCUT2D eigenvalue weighted by Gasteiger charge is 2.42. The zero-order valence-corrected chi connectivity index (χ0v) is 20.5. The number of rotatable bonds is 10. The lowest BCUT2D eigenvalue weighted by atomic mass is 9.70. The van der Waals surface area contributed by atoms with E-state index in [1.54, 1.807) is 11.1 Å². The van der Waals surface area contributed by atoms with Gasteiger partial charge in [0.25, 0.3) is 0 Å². The molecule has 0 fully saturated rings. The van der Waals surface area contributed by atoms with Gasteiger partial charge < -0.3 is 0 Å². The zero-order valence-electron chi connectivity index (χ0n) is 20.5. The molecular weight excluding hydrogens is 396 g/mol. The molecule has 0 heteroatoms. The predicted octanol–water partition coefficient (Wildman–Crippen LogP) is 10.2. The van der Waals surface area contributed by atoms with Crippen LogP contribution >= 0.6 is 0 Å². The third-order valence-electron chi connectivity index (χ3n) is 8.00. The summed E-state index contributed by atoms with van der Waals surface area (Å²) in [5.41, 5.74) is 6.33. The number of unbranched alkanes of at least 4 members (excludes halogenated alkanes) is 6. The monoisotopic (exact) mass is 434 g/mol. The van der Waals surface area contributed by atoms with Crippen molar-refractivity contribution >= 4 is 21.5 Å². The first-order chi connectivity index (χ1) is 16.3. The van der Waals surface area contributed by atoms with Crippen molar-refractivity contribution in [3.05, 3.63) is 83.9 Å². The van der Waals surface area contributed by atoms with Crippen molar-refractivity contribution in [2.24, 2.45) is 0 Å². The quantitative estimate of drug-likeness (QED) is 0.172. The van der Waals surface area contributed by atoms with Crippen LogP contribution in [0.4, 0.5) is 0 Å². The van der Waals surface area contributed by atoms with E-state index in [1.807, 2.05) is 0 Å². The topological polar surface area (TPSA) is 0 Å². The van der Waals surface area contributed by atoms with Crippen LogP contribution in [0.15, 0.2) is 72.8 Å². The minimum atomic E-state index is 0.174. The summed E-state index contributed by atoms with van der Waals surface area (Å²) >= 11 is 0. The van der Waals surface area contributed by atoms with Gasteiger partial charge in [0, 0.05) is 5.41 Å². The summed E-state index contributed by atoms with van der Waals surface area (Å²) in [5.74, 6) is 0. The molecule has 1 aliphatic carbocycles. The molecule has 0 saturated heterocycles. The van der Waals surface area contributed by atoms with Gasteiger partial charge in [-0.3, -0.25) is 0 Å². The van der Waals surface area contributed by atoms with Gasteiger partial charge in [0.2, 0.25) is 0 Å². The van der Waals surface area contributed by atoms with Gasteiger partial charge in [-0.15, -0.1) is 0 Å². The minimum absolute atomic E-state index is 0.174. The molecule has 0 nitrogen and oxygen atoms in total. The molecule has 33 heavy (non-hydrogen) atoms. The van der Waals surface area contributed by atoms with Gasteiger partial charge in [-0.2, -0.15) is 0 Å². The molecule has 0 unspecified atom stereocenters. The highest BCUT2D eigenvalue weighted by Crippen LogP contribution is 2.55. The molecule has 5 rings (SSSR count). The van der Waals surface area contributed by atoms with Crippen LogP contribution in [0.5, 0.6) is 0 Å². The van der Waals surface area contributed by atoms with Crippen LogP contribution in [-0.4, -0.2) is 0 Å². The summed E-state index contributed by atoms with van der Waals surface area (Å²) in [5, 5.41) is 5.44. The van der Waals surface area contributed by atoms with Crippen molar-refractivity contribution in [2.75, 3.05) is 0 Å². The SMILES string of the molecule is CCCCCCC1(CCCCCC)c2ccccc2-c2cc3cc4ccccc4cc3cc21. The largest absolute Gasteiger partial charge is 0.0654 e. The van der Waals surface area contributed by atoms with E-state index in [4.69, 9.17) is 0 Å². The first-order valence-electron chi connectivity index (χ1n) is 13.3. The Bertz CT molecular complexity index is 1230. The van der Waals surface area contributed by atoms with Crippen LogP contribution in [0.2, 0.25) is 0 Å². The second kappa shape index (κ2) is 9.72. The maximum atomic E-state index is 2.57. The van der Waals surface area contributed by atoms with Gasteiger partial charge in [-0.05, 0) is 80.9 Å². The van der Waals surface area contributed by atoms with Crippen molar-refractivity contribution in [3.63, 3.8) is 0 Å². The van der Waals surface area contributed by atoms with E-state index in [2.05, 4.69) is 86.6 Å². The molecule has 0 amide bonds. The lowest BCUT2D eigenvalue weighted by Gasteiger charge is -2.33. The molecular formula is C33H38. The highest BCUT2D eigenvalue weighted by molar-refractivity contribution is 6.01. The van der Waals surface area contributed by atoms with E-state index in [-0.39, 0.29) is 5.41 Å². The smallest absolute Gasteiger partial charge is 0.0215 e. The average molecular weight is 435 g/mol. The molecule has 0 saturated carbocycles. The predicted molar refractivity (Wildman–Crippen MR) is 145 cm³/mol. The lowest BCUT2D eigenvalue weighted by Crippen LogP contribution is -2.25. The molecule has 0 aliphatic heterocycles. The fourth-order valence-corrected chi connectivity index (χ4v) is 6.26. The maximum Gasteiger partial charge on any atom is 0.0215 e. The van der Waals surface area contributed by atoms with Crippen LogP contribution in [0.3, 0.4) is 0 Å². The van der Waals surface area contributed by atoms with Crippen molar-refractivity contribution in [1.82, 2.24) is 0 Å². The molecule has 1 aliphatic rings. The third-order valence-corrected chi connectivity index (χ3v) is 8.00. The Morgan fingerprint density at radius 1 is 0.485 bits per heavy atom. The Morgan fingerprint density at radius 3 is 1.70 bits per heavy atom. The van der Waals surface area contributed by atoms with E-state index in [9.17, 15) is 0 Å². The molecule has 0 bridgehead atoms. The summed E-state index contributed by atoms with van der Waals surface area (Å²) in [6.45, 7) is 4.63.